The van der Waals surface area contributed by atoms with Crippen molar-refractivity contribution in [2.75, 3.05) is 0 Å². The van der Waals surface area contributed by atoms with E-state index in [-0.39, 0.29) is 44.6 Å². The Labute approximate surface area is 833 Å². The molecule has 21 rings (SSSR count). The maximum absolute atomic E-state index is 3.98. The number of benzene rings is 20. The minimum absolute atomic E-state index is 0. The molecule has 0 unspecified atom stereocenters. The minimum Gasteiger partial charge on any atom is -0.262 e. The van der Waals surface area contributed by atoms with Crippen LogP contribution in [0.3, 0.4) is 0 Å². The fourth-order valence-electron chi connectivity index (χ4n) is 16.0. The van der Waals surface area contributed by atoms with Gasteiger partial charge in [0, 0.05) is 11.9 Å². The summed E-state index contributed by atoms with van der Waals surface area (Å²) >= 11 is 0. The smallest absolute Gasteiger partial charge is 0.0372 e. The third kappa shape index (κ3) is 31.3. The predicted molar refractivity (Wildman–Crippen MR) is 613 cm³/mol. The highest BCUT2D eigenvalue weighted by molar-refractivity contribution is 5.85. The molecule has 20 aromatic carbocycles. The molecule has 0 amide bonds. The first-order valence-electron chi connectivity index (χ1n) is 45.7. The molecule has 0 aliphatic heterocycles. The van der Waals surface area contributed by atoms with Gasteiger partial charge in [-0.2, -0.15) is 0 Å². The molecular weight excluding hydrogens is 1670 g/mol. The Bertz CT molecular complexity index is 6940. The van der Waals surface area contributed by atoms with Gasteiger partial charge in [0.1, 0.15) is 0 Å². The fourth-order valence-corrected chi connectivity index (χ4v) is 16.0. The van der Waals surface area contributed by atoms with Gasteiger partial charge >= 0.3 is 0 Å². The summed E-state index contributed by atoms with van der Waals surface area (Å²) < 4.78 is 0. The van der Waals surface area contributed by atoms with Crippen LogP contribution >= 0.6 is 0 Å². The van der Waals surface area contributed by atoms with Gasteiger partial charge in [-0.05, 0) is 270 Å². The van der Waals surface area contributed by atoms with Crippen molar-refractivity contribution < 1.29 is 0 Å². The van der Waals surface area contributed by atoms with E-state index in [4.69, 9.17) is 0 Å². The van der Waals surface area contributed by atoms with E-state index in [0.717, 1.165) is 5.69 Å². The average molecular weight is 1810 g/mol. The van der Waals surface area contributed by atoms with Crippen LogP contribution in [0.15, 0.2) is 546 Å². The summed E-state index contributed by atoms with van der Waals surface area (Å²) in [6, 6.07) is 191. The molecule has 1 nitrogen and oxygen atoms in total. The van der Waals surface area contributed by atoms with Crippen molar-refractivity contribution in [1.82, 2.24) is 4.98 Å². The molecule has 1 aromatic heterocycles. The second-order valence-electron chi connectivity index (χ2n) is 33.5. The monoisotopic (exact) mass is 1810 g/mol. The van der Waals surface area contributed by atoms with Crippen molar-refractivity contribution in [2.45, 2.75) is 93.0 Å². The van der Waals surface area contributed by atoms with Crippen LogP contribution in [0.4, 0.5) is 0 Å². The van der Waals surface area contributed by atoms with E-state index in [0.29, 0.717) is 0 Å². The Morgan fingerprint density at radius 1 is 0.101 bits per heavy atom. The Kier molecular flexibility index (Phi) is 41.9. The van der Waals surface area contributed by atoms with E-state index in [1.54, 1.807) is 6.20 Å². The second kappa shape index (κ2) is 54.8. The van der Waals surface area contributed by atoms with Gasteiger partial charge in [-0.1, -0.05) is 552 Å². The third-order valence-corrected chi connectivity index (χ3v) is 23.2. The third-order valence-electron chi connectivity index (χ3n) is 23.2. The van der Waals surface area contributed by atoms with Crippen LogP contribution in [0, 0.1) is 48.5 Å². The van der Waals surface area contributed by atoms with Crippen LogP contribution < -0.4 is 0 Å². The predicted octanol–water partition coefficient (Wildman–Crippen LogP) is 40.5. The molecule has 1 heterocycles. The minimum atomic E-state index is 0. The van der Waals surface area contributed by atoms with Gasteiger partial charge in [-0.3, -0.25) is 4.98 Å². The van der Waals surface area contributed by atoms with Gasteiger partial charge in [0.05, 0.1) is 0 Å². The summed E-state index contributed by atoms with van der Waals surface area (Å²) in [6.45, 7) is 14.8. The van der Waals surface area contributed by atoms with Gasteiger partial charge in [-0.25, -0.2) is 0 Å². The molecule has 0 aliphatic carbocycles. The summed E-state index contributed by atoms with van der Waals surface area (Å²) in [4.78, 5) is 3.98. The van der Waals surface area contributed by atoms with E-state index in [2.05, 4.69) is 550 Å². The van der Waals surface area contributed by atoms with Crippen LogP contribution in [-0.4, -0.2) is 4.98 Å². The second-order valence-corrected chi connectivity index (χ2v) is 33.5. The maximum atomic E-state index is 3.98. The number of nitrogens with zero attached hydrogens (tertiary/aromatic N) is 1. The van der Waals surface area contributed by atoms with Gasteiger partial charge < -0.3 is 0 Å². The van der Waals surface area contributed by atoms with E-state index < -0.39 is 0 Å². The first-order chi connectivity index (χ1) is 65.3. The SMILES string of the molecule is C.C.C.C.C.C.Cc1cc(-c2ccccc2)cc(-c2ccccc2)c1.Cc1ccc(-c2cc(-c3ccccc3)cc(-c3ccccc3)c2)cc1.Cc1ccc(-c2ccc(-c3ccccc3)cc2)cc1.Cc1cccc(-c2cc(-c3ccccc3)cc(-c3ccccc3)c2)c1.Cc1cccc(-c2ccc(-c3ccccc3)cc2)c1.Cc1cccc(-c2cccc(-c3ccccc3)c2)c1.Cc1ccccn1. The largest absolute Gasteiger partial charge is 0.262 e. The Morgan fingerprint density at radius 2 is 0.245 bits per heavy atom. The summed E-state index contributed by atoms with van der Waals surface area (Å²) in [5.74, 6) is 0. The molecule has 1 heteroatoms. The standard InChI is InChI=1S/2C25H20.4C19H16.C6H7N.6CH4/c1-19-9-8-14-22(15-19)25-17-23(20-10-4-2-5-11-20)16-24(18-25)21-12-6-3-7-13-21;1-19-12-14-22(15-13-19)25-17-23(20-8-4-2-5-9-20)16-24(18-25)21-10-6-3-7-11-21;1-15-12-18(16-8-4-2-5-9-16)14-19(13-15)17-10-6-3-7-11-17;1-15-7-5-10-17(13-15)19-12-6-11-18(14-19)16-8-3-2-4-9-16;1-15-6-5-9-19(14-15)18-12-10-17(11-13-18)16-7-3-2-4-8-16;1-15-7-9-17(10-8-15)19-13-11-18(12-14-19)16-5-3-2-4-6-16;1-6-4-2-3-5-7-6;;;;;;/h2*2-18H,1H3;4*2-14H,1H3;2-5H,1H3;6*1H4. The van der Waals surface area contributed by atoms with E-state index in [1.807, 2.05) is 43.3 Å². The van der Waals surface area contributed by atoms with Crippen molar-refractivity contribution in [3.8, 4) is 156 Å². The molecule has 0 fully saturated rings. The average Bonchev–Trinajstić information content (AvgIpc) is 0.800. The summed E-state index contributed by atoms with van der Waals surface area (Å²) in [5.41, 5.74) is 44.1. The molecule has 0 atom stereocenters. The van der Waals surface area contributed by atoms with Crippen LogP contribution in [0.5, 0.6) is 0 Å². The molecule has 139 heavy (non-hydrogen) atoms. The number of rotatable bonds is 14. The van der Waals surface area contributed by atoms with Gasteiger partial charge in [0.2, 0.25) is 0 Å². The van der Waals surface area contributed by atoms with Gasteiger partial charge in [0.15, 0.2) is 0 Å². The molecule has 692 valence electrons. The zero-order chi connectivity index (χ0) is 91.6. The summed E-state index contributed by atoms with van der Waals surface area (Å²) in [5, 5.41) is 0. The van der Waals surface area contributed by atoms with Crippen LogP contribution in [0.25, 0.3) is 156 Å². The highest BCUT2D eigenvalue weighted by Crippen LogP contribution is 2.38. The molecule has 0 aliphatic rings. The molecular formula is C138H135N. The first kappa shape index (κ1) is 106. The molecule has 0 saturated carbocycles. The van der Waals surface area contributed by atoms with Crippen molar-refractivity contribution >= 4 is 0 Å². The van der Waals surface area contributed by atoms with Gasteiger partial charge in [0.25, 0.3) is 0 Å². The van der Waals surface area contributed by atoms with Crippen molar-refractivity contribution in [2.24, 2.45) is 0 Å². The molecule has 0 N–H and O–H groups in total. The normalized spacial score (nSPS) is 9.92. The Morgan fingerprint density at radius 3 is 0.475 bits per heavy atom. The lowest BCUT2D eigenvalue weighted by Gasteiger charge is -2.11. The highest BCUT2D eigenvalue weighted by atomic mass is 14.6. The zero-order valence-electron chi connectivity index (χ0n) is 76.9. The molecule has 0 saturated heterocycles. The lowest BCUT2D eigenvalue weighted by Crippen LogP contribution is -1.86. The fraction of sp³-hybridized carbons (Fsp3) is 0.0942. The van der Waals surface area contributed by atoms with Crippen LogP contribution in [0.1, 0.15) is 83.6 Å². The van der Waals surface area contributed by atoms with E-state index in [9.17, 15) is 0 Å². The van der Waals surface area contributed by atoms with Crippen LogP contribution in [-0.2, 0) is 0 Å². The van der Waals surface area contributed by atoms with Crippen molar-refractivity contribution in [1.29, 1.82) is 0 Å². The maximum Gasteiger partial charge on any atom is 0.0372 e. The molecule has 0 radical (unpaired) electrons. The summed E-state index contributed by atoms with van der Waals surface area (Å²) in [7, 11) is 0. The lowest BCUT2D eigenvalue weighted by atomic mass is 9.93. The van der Waals surface area contributed by atoms with Crippen molar-refractivity contribution in [3.63, 3.8) is 0 Å². The lowest BCUT2D eigenvalue weighted by molar-refractivity contribution is 1.20. The molecule has 21 aromatic rings. The highest BCUT2D eigenvalue weighted by Gasteiger charge is 2.12. The number of aromatic nitrogens is 1. The Hall–Kier alpha value is -16.5. The zero-order valence-corrected chi connectivity index (χ0v) is 76.9. The topological polar surface area (TPSA) is 12.9 Å². The van der Waals surface area contributed by atoms with E-state index in [1.165, 1.54) is 189 Å². The number of pyridine rings is 1. The molecule has 0 spiro atoms. The quantitative estimate of drug-likeness (QED) is 0.106. The van der Waals surface area contributed by atoms with Crippen molar-refractivity contribution in [3.05, 3.63) is 585 Å². The van der Waals surface area contributed by atoms with E-state index >= 15 is 0 Å². The molecule has 0 bridgehead atoms. The van der Waals surface area contributed by atoms with Gasteiger partial charge in [-0.15, -0.1) is 0 Å². The summed E-state index contributed by atoms with van der Waals surface area (Å²) in [6.07, 6.45) is 1.79. The number of aryl methyl sites for hydroxylation is 7. The van der Waals surface area contributed by atoms with Crippen LogP contribution in [0.2, 0.25) is 0 Å². The first-order valence-corrected chi connectivity index (χ1v) is 45.7. The number of hydrogen-bond acceptors (Lipinski definition) is 1. The Balaban J connectivity index is 0.000000183. The number of hydrogen-bond donors (Lipinski definition) is 0.